The highest BCUT2D eigenvalue weighted by molar-refractivity contribution is 7.84. The molecule has 5 nitrogen and oxygen atoms in total. The second kappa shape index (κ2) is 5.45. The molecule has 0 amide bonds. The van der Waals surface area contributed by atoms with E-state index < -0.39 is 10.8 Å². The number of hydrogen-bond acceptors (Lipinski definition) is 5. The lowest BCUT2D eigenvalue weighted by Crippen LogP contribution is -2.24. The van der Waals surface area contributed by atoms with Gasteiger partial charge in [0, 0.05) is 28.9 Å². The van der Waals surface area contributed by atoms with Crippen LogP contribution in [0.2, 0.25) is 5.28 Å². The van der Waals surface area contributed by atoms with Gasteiger partial charge in [0.15, 0.2) is 5.82 Å². The maximum absolute atomic E-state index is 11.0. The number of aryl methyl sites for hydroxylation is 1. The molecule has 2 unspecified atom stereocenters. The Hall–Kier alpha value is -0.880. The molecule has 3 N–H and O–H groups in total. The monoisotopic (exact) mass is 262 g/mol. The Labute approximate surface area is 102 Å². The molecule has 0 saturated carbocycles. The summed E-state index contributed by atoms with van der Waals surface area (Å²) < 4.78 is 11.0. The molecule has 0 aliphatic carbocycles. The molecule has 0 spiro atoms. The van der Waals surface area contributed by atoms with Crippen molar-refractivity contribution in [3.8, 4) is 0 Å². The number of aromatic nitrogens is 2. The van der Waals surface area contributed by atoms with Crippen molar-refractivity contribution in [3.63, 3.8) is 0 Å². The SMILES string of the molecule is Cc1nc(Cl)nc(NC(C)CS(C)=O)c1N. The van der Waals surface area contributed by atoms with Gasteiger partial charge in [-0.1, -0.05) is 0 Å². The highest BCUT2D eigenvalue weighted by Crippen LogP contribution is 2.21. The molecule has 2 atom stereocenters. The largest absolute Gasteiger partial charge is 0.394 e. The number of nitrogens with one attached hydrogen (secondary N) is 1. The molecule has 7 heteroatoms. The van der Waals surface area contributed by atoms with Crippen molar-refractivity contribution >= 4 is 33.9 Å². The normalized spacial score (nSPS) is 14.5. The van der Waals surface area contributed by atoms with Crippen LogP contribution in [0.1, 0.15) is 12.6 Å². The summed E-state index contributed by atoms with van der Waals surface area (Å²) in [4.78, 5) is 7.93. The fraction of sp³-hybridized carbons (Fsp3) is 0.556. The van der Waals surface area contributed by atoms with Crippen LogP contribution >= 0.6 is 11.6 Å². The minimum absolute atomic E-state index is 0.0125. The van der Waals surface area contributed by atoms with Gasteiger partial charge in [0.05, 0.1) is 11.4 Å². The summed E-state index contributed by atoms with van der Waals surface area (Å²) in [6.45, 7) is 3.67. The minimum atomic E-state index is -0.866. The third-order valence-corrected chi connectivity index (χ3v) is 3.12. The first-order valence-corrected chi connectivity index (χ1v) is 6.87. The van der Waals surface area contributed by atoms with Gasteiger partial charge in [-0.2, -0.15) is 4.98 Å². The number of hydrogen-bond donors (Lipinski definition) is 2. The average molecular weight is 263 g/mol. The smallest absolute Gasteiger partial charge is 0.224 e. The summed E-state index contributed by atoms with van der Waals surface area (Å²) in [7, 11) is -0.866. The third kappa shape index (κ3) is 3.61. The Kier molecular flexibility index (Phi) is 4.49. The second-order valence-corrected chi connectivity index (χ2v) is 5.44. The lowest BCUT2D eigenvalue weighted by atomic mass is 10.3. The highest BCUT2D eigenvalue weighted by atomic mass is 35.5. The standard InChI is InChI=1S/C9H15ClN4OS/c1-5(4-16(3)15)12-8-7(11)6(2)13-9(10)14-8/h5H,4,11H2,1-3H3,(H,12,13,14). The Morgan fingerprint density at radius 3 is 2.75 bits per heavy atom. The predicted molar refractivity (Wildman–Crippen MR) is 68.2 cm³/mol. The maximum atomic E-state index is 11.0. The zero-order chi connectivity index (χ0) is 12.3. The Balaban J connectivity index is 2.84. The molecular weight excluding hydrogens is 248 g/mol. The highest BCUT2D eigenvalue weighted by Gasteiger charge is 2.11. The summed E-state index contributed by atoms with van der Waals surface area (Å²) in [5.41, 5.74) is 6.91. The summed E-state index contributed by atoms with van der Waals surface area (Å²) in [5.74, 6) is 1.02. The van der Waals surface area contributed by atoms with Crippen LogP contribution in [0.25, 0.3) is 0 Å². The van der Waals surface area contributed by atoms with E-state index in [0.29, 0.717) is 23.0 Å². The molecule has 90 valence electrons. The fourth-order valence-electron chi connectivity index (χ4n) is 1.28. The van der Waals surface area contributed by atoms with Crippen molar-refractivity contribution in [3.05, 3.63) is 11.0 Å². The van der Waals surface area contributed by atoms with Crippen LogP contribution in [0.3, 0.4) is 0 Å². The molecule has 16 heavy (non-hydrogen) atoms. The number of nitrogen functional groups attached to an aromatic ring is 1. The second-order valence-electron chi connectivity index (χ2n) is 3.63. The first kappa shape index (κ1) is 13.2. The fourth-order valence-corrected chi connectivity index (χ4v) is 2.28. The summed E-state index contributed by atoms with van der Waals surface area (Å²) in [6, 6.07) is 0.0125. The molecule has 0 aliphatic rings. The molecule has 1 rings (SSSR count). The van der Waals surface area contributed by atoms with E-state index in [0.717, 1.165) is 0 Å². The van der Waals surface area contributed by atoms with E-state index in [-0.39, 0.29) is 11.3 Å². The van der Waals surface area contributed by atoms with Crippen molar-refractivity contribution < 1.29 is 4.21 Å². The summed E-state index contributed by atoms with van der Waals surface area (Å²) in [5, 5.41) is 3.22. The maximum Gasteiger partial charge on any atom is 0.224 e. The molecular formula is C9H15ClN4OS. The Morgan fingerprint density at radius 1 is 1.56 bits per heavy atom. The van der Waals surface area contributed by atoms with Crippen LogP contribution in [-0.4, -0.2) is 32.2 Å². The number of anilines is 2. The lowest BCUT2D eigenvalue weighted by molar-refractivity contribution is 0.683. The zero-order valence-corrected chi connectivity index (χ0v) is 11.0. The van der Waals surface area contributed by atoms with E-state index in [9.17, 15) is 4.21 Å². The molecule has 0 saturated heterocycles. The topological polar surface area (TPSA) is 80.9 Å². The van der Waals surface area contributed by atoms with Crippen molar-refractivity contribution in [2.45, 2.75) is 19.9 Å². The molecule has 0 radical (unpaired) electrons. The zero-order valence-electron chi connectivity index (χ0n) is 9.45. The quantitative estimate of drug-likeness (QED) is 0.797. The average Bonchev–Trinajstić information content (AvgIpc) is 2.11. The van der Waals surface area contributed by atoms with Crippen molar-refractivity contribution in [2.24, 2.45) is 0 Å². The summed E-state index contributed by atoms with van der Waals surface area (Å²) >= 11 is 5.73. The number of nitrogens with zero attached hydrogens (tertiary/aromatic N) is 2. The first-order chi connectivity index (χ1) is 7.40. The van der Waals surface area contributed by atoms with Gasteiger partial charge in [0.1, 0.15) is 0 Å². The first-order valence-electron chi connectivity index (χ1n) is 4.76. The predicted octanol–water partition coefficient (Wildman–Crippen LogP) is 1.20. The molecule has 1 aromatic heterocycles. The Morgan fingerprint density at radius 2 is 2.19 bits per heavy atom. The van der Waals surface area contributed by atoms with Gasteiger partial charge in [-0.15, -0.1) is 0 Å². The van der Waals surface area contributed by atoms with Crippen LogP contribution < -0.4 is 11.1 Å². The van der Waals surface area contributed by atoms with Crippen LogP contribution in [0.4, 0.5) is 11.5 Å². The van der Waals surface area contributed by atoms with Crippen LogP contribution in [0, 0.1) is 6.92 Å². The van der Waals surface area contributed by atoms with Crippen LogP contribution in [0.5, 0.6) is 0 Å². The molecule has 1 aromatic rings. The molecule has 0 fully saturated rings. The molecule has 0 bridgehead atoms. The van der Waals surface area contributed by atoms with Gasteiger partial charge in [0.2, 0.25) is 5.28 Å². The van der Waals surface area contributed by atoms with E-state index in [1.165, 1.54) is 0 Å². The van der Waals surface area contributed by atoms with Crippen molar-refractivity contribution in [1.29, 1.82) is 0 Å². The number of rotatable bonds is 4. The van der Waals surface area contributed by atoms with E-state index in [1.807, 2.05) is 6.92 Å². The van der Waals surface area contributed by atoms with Gasteiger partial charge in [-0.25, -0.2) is 4.98 Å². The lowest BCUT2D eigenvalue weighted by Gasteiger charge is -2.15. The van der Waals surface area contributed by atoms with Crippen molar-refractivity contribution in [1.82, 2.24) is 9.97 Å². The number of halogens is 1. The van der Waals surface area contributed by atoms with Crippen molar-refractivity contribution in [2.75, 3.05) is 23.1 Å². The Bertz CT molecular complexity index is 413. The van der Waals surface area contributed by atoms with E-state index in [1.54, 1.807) is 13.2 Å². The molecule has 1 heterocycles. The van der Waals surface area contributed by atoms with Crippen LogP contribution in [-0.2, 0) is 10.8 Å². The number of nitrogens with two attached hydrogens (primary N) is 1. The van der Waals surface area contributed by atoms with Gasteiger partial charge in [-0.05, 0) is 25.4 Å². The molecule has 0 aliphatic heterocycles. The third-order valence-electron chi connectivity index (χ3n) is 1.98. The van der Waals surface area contributed by atoms with Gasteiger partial charge in [-0.3, -0.25) is 4.21 Å². The van der Waals surface area contributed by atoms with Gasteiger partial charge >= 0.3 is 0 Å². The molecule has 0 aromatic carbocycles. The van der Waals surface area contributed by atoms with Gasteiger partial charge in [0.25, 0.3) is 0 Å². The van der Waals surface area contributed by atoms with E-state index in [2.05, 4.69) is 15.3 Å². The van der Waals surface area contributed by atoms with Crippen LogP contribution in [0.15, 0.2) is 0 Å². The summed E-state index contributed by atoms with van der Waals surface area (Å²) in [6.07, 6.45) is 1.65. The van der Waals surface area contributed by atoms with Gasteiger partial charge < -0.3 is 11.1 Å². The van der Waals surface area contributed by atoms with E-state index in [4.69, 9.17) is 17.3 Å². The van der Waals surface area contributed by atoms with E-state index >= 15 is 0 Å². The minimum Gasteiger partial charge on any atom is -0.394 e.